The first kappa shape index (κ1) is 20.7. The predicted octanol–water partition coefficient (Wildman–Crippen LogP) is 6.79. The summed E-state index contributed by atoms with van der Waals surface area (Å²) in [6, 6.07) is 0. The first-order chi connectivity index (χ1) is 11.4. The monoisotopic (exact) mass is 324 g/mol. The maximum atomic E-state index is 5.72. The van der Waals surface area contributed by atoms with Crippen molar-refractivity contribution in [3.05, 3.63) is 12.2 Å². The molecule has 136 valence electrons. The molecule has 0 saturated carbocycles. The Balaban J connectivity index is 1.73. The van der Waals surface area contributed by atoms with Crippen molar-refractivity contribution in [3.63, 3.8) is 0 Å². The lowest BCUT2D eigenvalue weighted by Crippen LogP contribution is -2.22. The van der Waals surface area contributed by atoms with Crippen LogP contribution in [0.25, 0.3) is 0 Å². The molecule has 0 aromatic rings. The van der Waals surface area contributed by atoms with Crippen LogP contribution in [-0.4, -0.2) is 19.5 Å². The second-order valence-electron chi connectivity index (χ2n) is 6.90. The number of unbranched alkanes of at least 4 members (excludes halogenated alkanes) is 10. The average Bonchev–Trinajstić information content (AvgIpc) is 2.59. The van der Waals surface area contributed by atoms with E-state index in [0.29, 0.717) is 0 Å². The van der Waals surface area contributed by atoms with Gasteiger partial charge in [0.05, 0.1) is 6.61 Å². The fourth-order valence-corrected chi connectivity index (χ4v) is 3.10. The van der Waals surface area contributed by atoms with Crippen LogP contribution in [0.4, 0.5) is 0 Å². The number of hydrogen-bond acceptors (Lipinski definition) is 2. The van der Waals surface area contributed by atoms with E-state index in [1.807, 2.05) is 0 Å². The topological polar surface area (TPSA) is 18.5 Å². The Kier molecular flexibility index (Phi) is 14.9. The van der Waals surface area contributed by atoms with E-state index in [4.69, 9.17) is 9.47 Å². The van der Waals surface area contributed by atoms with Crippen molar-refractivity contribution < 1.29 is 9.47 Å². The number of allylic oxidation sites excluding steroid dienone is 1. The molecule has 0 aromatic heterocycles. The lowest BCUT2D eigenvalue weighted by molar-refractivity contribution is -0.161. The van der Waals surface area contributed by atoms with Crippen molar-refractivity contribution in [2.24, 2.45) is 0 Å². The molecule has 1 fully saturated rings. The highest BCUT2D eigenvalue weighted by Gasteiger charge is 2.12. The van der Waals surface area contributed by atoms with Gasteiger partial charge in [0.25, 0.3) is 0 Å². The normalized spacial score (nSPS) is 18.7. The van der Waals surface area contributed by atoms with Crippen LogP contribution in [0.2, 0.25) is 0 Å². The second kappa shape index (κ2) is 16.5. The molecule has 0 amide bonds. The smallest absolute Gasteiger partial charge is 0.157 e. The van der Waals surface area contributed by atoms with Crippen molar-refractivity contribution in [2.75, 3.05) is 13.2 Å². The molecule has 0 aromatic carbocycles. The van der Waals surface area contributed by atoms with Crippen molar-refractivity contribution >= 4 is 0 Å². The Morgan fingerprint density at radius 1 is 0.826 bits per heavy atom. The second-order valence-corrected chi connectivity index (χ2v) is 6.90. The zero-order valence-corrected chi connectivity index (χ0v) is 15.6. The molecule has 1 rings (SSSR count). The average molecular weight is 325 g/mol. The molecule has 0 N–H and O–H groups in total. The summed E-state index contributed by atoms with van der Waals surface area (Å²) < 4.78 is 11.3. The molecule has 1 aliphatic rings. The van der Waals surface area contributed by atoms with E-state index in [1.165, 1.54) is 83.5 Å². The van der Waals surface area contributed by atoms with Gasteiger partial charge >= 0.3 is 0 Å². The molecule has 23 heavy (non-hydrogen) atoms. The van der Waals surface area contributed by atoms with E-state index in [1.54, 1.807) is 0 Å². The van der Waals surface area contributed by atoms with E-state index in [9.17, 15) is 0 Å². The summed E-state index contributed by atoms with van der Waals surface area (Å²) in [6.45, 7) is 3.96. The molecule has 0 radical (unpaired) electrons. The van der Waals surface area contributed by atoms with Crippen LogP contribution in [-0.2, 0) is 9.47 Å². The highest BCUT2D eigenvalue weighted by molar-refractivity contribution is 4.81. The lowest BCUT2D eigenvalue weighted by Gasteiger charge is -2.22. The maximum Gasteiger partial charge on any atom is 0.157 e. The SMILES string of the molecule is CCCCCCCCCCCCC=CCCOC1CCCCO1. The Labute approximate surface area is 145 Å². The van der Waals surface area contributed by atoms with E-state index < -0.39 is 0 Å². The van der Waals surface area contributed by atoms with Crippen LogP contribution < -0.4 is 0 Å². The fraction of sp³-hybridized carbons (Fsp3) is 0.905. The molecule has 2 nitrogen and oxygen atoms in total. The van der Waals surface area contributed by atoms with Gasteiger partial charge in [-0.25, -0.2) is 0 Å². The van der Waals surface area contributed by atoms with E-state index in [0.717, 1.165) is 26.1 Å². The van der Waals surface area contributed by atoms with Crippen LogP contribution in [0.3, 0.4) is 0 Å². The molecule has 0 aliphatic carbocycles. The van der Waals surface area contributed by atoms with Gasteiger partial charge in [0.2, 0.25) is 0 Å². The summed E-state index contributed by atoms with van der Waals surface area (Å²) in [6.07, 6.45) is 24.6. The summed E-state index contributed by atoms with van der Waals surface area (Å²) in [5, 5.41) is 0. The van der Waals surface area contributed by atoms with Crippen LogP contribution >= 0.6 is 0 Å². The minimum absolute atomic E-state index is 0.0686. The molecule has 2 heteroatoms. The standard InChI is InChI=1S/C21H40O2/c1-2-3-4-5-6-7-8-9-10-11-12-13-14-16-19-22-21-18-15-17-20-23-21/h13-14,21H,2-12,15-20H2,1H3. The third-order valence-corrected chi connectivity index (χ3v) is 4.62. The maximum absolute atomic E-state index is 5.72. The third-order valence-electron chi connectivity index (χ3n) is 4.62. The number of rotatable bonds is 15. The minimum atomic E-state index is 0.0686. The number of hydrogen-bond donors (Lipinski definition) is 0. The Bertz CT molecular complexity index is 257. The first-order valence-electron chi connectivity index (χ1n) is 10.3. The van der Waals surface area contributed by atoms with Crippen molar-refractivity contribution in [3.8, 4) is 0 Å². The van der Waals surface area contributed by atoms with E-state index >= 15 is 0 Å². The quantitative estimate of drug-likeness (QED) is 0.244. The van der Waals surface area contributed by atoms with Gasteiger partial charge in [0, 0.05) is 6.61 Å². The molecular formula is C21H40O2. The Morgan fingerprint density at radius 2 is 1.48 bits per heavy atom. The summed E-state index contributed by atoms with van der Waals surface area (Å²) in [5.74, 6) is 0. The summed E-state index contributed by atoms with van der Waals surface area (Å²) in [7, 11) is 0. The molecule has 1 saturated heterocycles. The molecule has 0 spiro atoms. The van der Waals surface area contributed by atoms with E-state index in [-0.39, 0.29) is 6.29 Å². The zero-order valence-electron chi connectivity index (χ0n) is 15.6. The Morgan fingerprint density at radius 3 is 2.13 bits per heavy atom. The highest BCUT2D eigenvalue weighted by atomic mass is 16.7. The fourth-order valence-electron chi connectivity index (χ4n) is 3.10. The van der Waals surface area contributed by atoms with Gasteiger partial charge in [0.1, 0.15) is 0 Å². The van der Waals surface area contributed by atoms with Gasteiger partial charge in [-0.2, -0.15) is 0 Å². The molecule has 1 atom stereocenters. The van der Waals surface area contributed by atoms with Gasteiger partial charge in [-0.05, 0) is 38.5 Å². The van der Waals surface area contributed by atoms with Crippen LogP contribution in [0.15, 0.2) is 12.2 Å². The Hall–Kier alpha value is -0.340. The molecule has 1 unspecified atom stereocenters. The molecular weight excluding hydrogens is 284 g/mol. The van der Waals surface area contributed by atoms with Gasteiger partial charge in [0.15, 0.2) is 6.29 Å². The van der Waals surface area contributed by atoms with E-state index in [2.05, 4.69) is 19.1 Å². The van der Waals surface area contributed by atoms with Crippen molar-refractivity contribution in [1.82, 2.24) is 0 Å². The number of ether oxygens (including phenoxy) is 2. The van der Waals surface area contributed by atoms with Crippen LogP contribution in [0, 0.1) is 0 Å². The largest absolute Gasteiger partial charge is 0.353 e. The molecule has 0 bridgehead atoms. The van der Waals surface area contributed by atoms with Crippen LogP contribution in [0.5, 0.6) is 0 Å². The zero-order chi connectivity index (χ0) is 16.4. The van der Waals surface area contributed by atoms with Gasteiger partial charge in [-0.3, -0.25) is 0 Å². The first-order valence-corrected chi connectivity index (χ1v) is 10.3. The summed E-state index contributed by atoms with van der Waals surface area (Å²) in [5.41, 5.74) is 0. The molecule has 1 heterocycles. The van der Waals surface area contributed by atoms with Gasteiger partial charge in [-0.15, -0.1) is 0 Å². The third kappa shape index (κ3) is 13.8. The van der Waals surface area contributed by atoms with Crippen LogP contribution in [0.1, 0.15) is 103 Å². The van der Waals surface area contributed by atoms with Gasteiger partial charge in [-0.1, -0.05) is 76.9 Å². The predicted molar refractivity (Wildman–Crippen MR) is 99.8 cm³/mol. The summed E-state index contributed by atoms with van der Waals surface area (Å²) >= 11 is 0. The highest BCUT2D eigenvalue weighted by Crippen LogP contribution is 2.14. The van der Waals surface area contributed by atoms with Gasteiger partial charge < -0.3 is 9.47 Å². The van der Waals surface area contributed by atoms with Crippen molar-refractivity contribution in [2.45, 2.75) is 110 Å². The molecule has 1 aliphatic heterocycles. The van der Waals surface area contributed by atoms with Crippen molar-refractivity contribution in [1.29, 1.82) is 0 Å². The minimum Gasteiger partial charge on any atom is -0.353 e. The lowest BCUT2D eigenvalue weighted by atomic mass is 10.1. The summed E-state index contributed by atoms with van der Waals surface area (Å²) in [4.78, 5) is 0.